The van der Waals surface area contributed by atoms with E-state index in [4.69, 9.17) is 9.47 Å². The van der Waals surface area contributed by atoms with Crippen LogP contribution < -0.4 is 14.8 Å². The van der Waals surface area contributed by atoms with Crippen LogP contribution in [0, 0.1) is 0 Å². The van der Waals surface area contributed by atoms with Crippen LogP contribution in [-0.2, 0) is 11.2 Å². The molecule has 2 rings (SSSR count). The van der Waals surface area contributed by atoms with Crippen LogP contribution in [-0.4, -0.2) is 31.4 Å². The Kier molecular flexibility index (Phi) is 7.85. The third-order valence-corrected chi connectivity index (χ3v) is 5.23. The average molecular weight is 374 g/mol. The molecule has 1 N–H and O–H groups in total. The van der Waals surface area contributed by atoms with Crippen LogP contribution in [0.3, 0.4) is 0 Å². The zero-order valence-electron chi connectivity index (χ0n) is 15.8. The Morgan fingerprint density at radius 1 is 1.04 bits per heavy atom. The lowest BCUT2D eigenvalue weighted by atomic mass is 10.1. The van der Waals surface area contributed by atoms with E-state index in [9.17, 15) is 4.79 Å². The van der Waals surface area contributed by atoms with Crippen LogP contribution >= 0.6 is 11.8 Å². The molecule has 5 heteroatoms. The van der Waals surface area contributed by atoms with Crippen molar-refractivity contribution in [1.29, 1.82) is 0 Å². The molecule has 0 saturated carbocycles. The van der Waals surface area contributed by atoms with Crippen molar-refractivity contribution in [2.24, 2.45) is 0 Å². The molecule has 0 aliphatic heterocycles. The number of aryl methyl sites for hydroxylation is 1. The molecule has 2 atom stereocenters. The number of hydrogen-bond donors (Lipinski definition) is 1. The highest BCUT2D eigenvalue weighted by Gasteiger charge is 2.17. The number of benzene rings is 2. The van der Waals surface area contributed by atoms with Crippen molar-refractivity contribution < 1.29 is 14.3 Å². The molecule has 0 aromatic heterocycles. The van der Waals surface area contributed by atoms with Gasteiger partial charge in [0.15, 0.2) is 11.5 Å². The average Bonchev–Trinajstić information content (AvgIpc) is 2.67. The molecule has 2 aromatic rings. The van der Waals surface area contributed by atoms with Gasteiger partial charge in [-0.3, -0.25) is 4.79 Å². The van der Waals surface area contributed by atoms with Crippen LogP contribution in [0.1, 0.15) is 25.8 Å². The first-order valence-electron chi connectivity index (χ1n) is 8.76. The zero-order chi connectivity index (χ0) is 18.9. The third kappa shape index (κ3) is 5.99. The molecule has 0 spiro atoms. The summed E-state index contributed by atoms with van der Waals surface area (Å²) in [7, 11) is 3.22. The van der Waals surface area contributed by atoms with Crippen molar-refractivity contribution in [2.45, 2.75) is 42.9 Å². The minimum Gasteiger partial charge on any atom is -0.493 e. The zero-order valence-corrected chi connectivity index (χ0v) is 16.6. The number of carbonyl (C=O) groups excluding carboxylic acids is 1. The van der Waals surface area contributed by atoms with E-state index in [0.717, 1.165) is 17.7 Å². The second kappa shape index (κ2) is 10.1. The Bertz CT molecular complexity index is 706. The second-order valence-corrected chi connectivity index (χ2v) is 7.62. The van der Waals surface area contributed by atoms with Crippen molar-refractivity contribution in [3.63, 3.8) is 0 Å². The van der Waals surface area contributed by atoms with Crippen LogP contribution in [0.2, 0.25) is 0 Å². The lowest BCUT2D eigenvalue weighted by molar-refractivity contribution is -0.120. The highest BCUT2D eigenvalue weighted by atomic mass is 32.2. The van der Waals surface area contributed by atoms with E-state index in [1.54, 1.807) is 14.2 Å². The number of carbonyl (C=O) groups is 1. The molecule has 0 aliphatic carbocycles. The maximum atomic E-state index is 12.5. The van der Waals surface area contributed by atoms with Gasteiger partial charge in [0.1, 0.15) is 0 Å². The van der Waals surface area contributed by atoms with Crippen molar-refractivity contribution in [3.05, 3.63) is 54.1 Å². The largest absolute Gasteiger partial charge is 0.493 e. The molecule has 0 fully saturated rings. The first kappa shape index (κ1) is 20.2. The molecule has 0 unspecified atom stereocenters. The van der Waals surface area contributed by atoms with Gasteiger partial charge in [0.05, 0.1) is 19.5 Å². The fourth-order valence-electron chi connectivity index (χ4n) is 2.61. The SMILES string of the molecule is COc1ccc(S[C@H](C)C(=O)N[C@@H](C)CCc2ccccc2)cc1OC. The third-order valence-electron chi connectivity index (χ3n) is 4.13. The fraction of sp³-hybridized carbons (Fsp3) is 0.381. The van der Waals surface area contributed by atoms with Gasteiger partial charge in [-0.2, -0.15) is 0 Å². The van der Waals surface area contributed by atoms with Crippen LogP contribution in [0.25, 0.3) is 0 Å². The van der Waals surface area contributed by atoms with Gasteiger partial charge in [-0.05, 0) is 50.5 Å². The number of rotatable bonds is 9. The molecule has 26 heavy (non-hydrogen) atoms. The highest BCUT2D eigenvalue weighted by Crippen LogP contribution is 2.33. The summed E-state index contributed by atoms with van der Waals surface area (Å²) in [4.78, 5) is 13.4. The molecule has 1 amide bonds. The van der Waals surface area contributed by atoms with Crippen molar-refractivity contribution in [1.82, 2.24) is 5.32 Å². The van der Waals surface area contributed by atoms with Gasteiger partial charge in [0.25, 0.3) is 0 Å². The summed E-state index contributed by atoms with van der Waals surface area (Å²) < 4.78 is 10.6. The number of ether oxygens (including phenoxy) is 2. The number of methoxy groups -OCH3 is 2. The molecular weight excluding hydrogens is 346 g/mol. The Morgan fingerprint density at radius 2 is 1.73 bits per heavy atom. The van der Waals surface area contributed by atoms with Gasteiger partial charge in [0, 0.05) is 10.9 Å². The monoisotopic (exact) mass is 373 g/mol. The summed E-state index contributed by atoms with van der Waals surface area (Å²) in [6.07, 6.45) is 1.88. The van der Waals surface area contributed by atoms with Crippen LogP contribution in [0.5, 0.6) is 11.5 Å². The summed E-state index contributed by atoms with van der Waals surface area (Å²) in [6, 6.07) is 16.2. The first-order chi connectivity index (χ1) is 12.5. The van der Waals surface area contributed by atoms with Gasteiger partial charge in [-0.25, -0.2) is 0 Å². The van der Waals surface area contributed by atoms with E-state index in [2.05, 4.69) is 24.4 Å². The molecule has 0 aliphatic rings. The van der Waals surface area contributed by atoms with E-state index in [-0.39, 0.29) is 17.2 Å². The lowest BCUT2D eigenvalue weighted by Gasteiger charge is -2.18. The molecule has 140 valence electrons. The molecule has 2 aromatic carbocycles. The standard InChI is InChI=1S/C21H27NO3S/c1-15(10-11-17-8-6-5-7-9-17)22-21(23)16(2)26-18-12-13-19(24-3)20(14-18)25-4/h5-9,12-16H,10-11H2,1-4H3,(H,22,23)/t15-,16+/m0/s1. The molecular formula is C21H27NO3S. The Hall–Kier alpha value is -2.14. The van der Waals surface area contributed by atoms with Crippen LogP contribution in [0.15, 0.2) is 53.4 Å². The minimum absolute atomic E-state index is 0.0466. The van der Waals surface area contributed by atoms with Gasteiger partial charge >= 0.3 is 0 Å². The fourth-order valence-corrected chi connectivity index (χ4v) is 3.51. The van der Waals surface area contributed by atoms with Crippen molar-refractivity contribution in [2.75, 3.05) is 14.2 Å². The quantitative estimate of drug-likeness (QED) is 0.665. The van der Waals surface area contributed by atoms with E-state index in [1.807, 2.05) is 43.3 Å². The van der Waals surface area contributed by atoms with Crippen molar-refractivity contribution >= 4 is 17.7 Å². The van der Waals surface area contributed by atoms with E-state index in [0.29, 0.717) is 11.5 Å². The molecule has 0 saturated heterocycles. The molecule has 0 bridgehead atoms. The number of hydrogen-bond acceptors (Lipinski definition) is 4. The van der Waals surface area contributed by atoms with Crippen LogP contribution in [0.4, 0.5) is 0 Å². The van der Waals surface area contributed by atoms with E-state index < -0.39 is 0 Å². The summed E-state index contributed by atoms with van der Waals surface area (Å²) in [5, 5.41) is 2.92. The Labute approximate surface area is 160 Å². The summed E-state index contributed by atoms with van der Waals surface area (Å²) in [5.41, 5.74) is 1.29. The van der Waals surface area contributed by atoms with Gasteiger partial charge in [0.2, 0.25) is 5.91 Å². The topological polar surface area (TPSA) is 47.6 Å². The highest BCUT2D eigenvalue weighted by molar-refractivity contribution is 8.00. The van der Waals surface area contributed by atoms with E-state index in [1.165, 1.54) is 17.3 Å². The molecule has 0 radical (unpaired) electrons. The predicted molar refractivity (Wildman–Crippen MR) is 107 cm³/mol. The molecule has 0 heterocycles. The van der Waals surface area contributed by atoms with E-state index >= 15 is 0 Å². The predicted octanol–water partition coefficient (Wildman–Crippen LogP) is 4.32. The normalized spacial score (nSPS) is 12.9. The van der Waals surface area contributed by atoms with Crippen molar-refractivity contribution in [3.8, 4) is 11.5 Å². The summed E-state index contributed by atoms with van der Waals surface area (Å²) >= 11 is 1.51. The summed E-state index contributed by atoms with van der Waals surface area (Å²) in [6.45, 7) is 3.97. The second-order valence-electron chi connectivity index (χ2n) is 6.21. The Balaban J connectivity index is 1.85. The maximum absolute atomic E-state index is 12.5. The number of amides is 1. The first-order valence-corrected chi connectivity index (χ1v) is 9.64. The van der Waals surface area contributed by atoms with Gasteiger partial charge < -0.3 is 14.8 Å². The number of thioether (sulfide) groups is 1. The molecule has 4 nitrogen and oxygen atoms in total. The number of nitrogens with one attached hydrogen (secondary N) is 1. The lowest BCUT2D eigenvalue weighted by Crippen LogP contribution is -2.37. The summed E-state index contributed by atoms with van der Waals surface area (Å²) in [5.74, 6) is 1.40. The Morgan fingerprint density at radius 3 is 2.38 bits per heavy atom. The van der Waals surface area contributed by atoms with Gasteiger partial charge in [-0.15, -0.1) is 11.8 Å². The minimum atomic E-state index is -0.188. The van der Waals surface area contributed by atoms with Gasteiger partial charge in [-0.1, -0.05) is 30.3 Å². The maximum Gasteiger partial charge on any atom is 0.233 e. The smallest absolute Gasteiger partial charge is 0.233 e.